The maximum absolute atomic E-state index is 12.7. The molecular weight excluding hydrogens is 334 g/mol. The normalized spacial score (nSPS) is 13.8. The Balaban J connectivity index is 1.68. The molecular formula is C18H19N5O3. The van der Waals surface area contributed by atoms with E-state index in [0.717, 1.165) is 16.6 Å². The molecule has 1 aromatic carbocycles. The Bertz CT molecular complexity index is 1140. The second kappa shape index (κ2) is 5.98. The Morgan fingerprint density at radius 3 is 2.65 bits per heavy atom. The summed E-state index contributed by atoms with van der Waals surface area (Å²) >= 11 is 0. The van der Waals surface area contributed by atoms with Crippen molar-refractivity contribution in [2.75, 3.05) is 6.54 Å². The van der Waals surface area contributed by atoms with E-state index in [9.17, 15) is 14.4 Å². The molecule has 8 nitrogen and oxygen atoms in total. The smallest absolute Gasteiger partial charge is 0.332 e. The molecule has 3 aromatic rings. The molecule has 0 radical (unpaired) electrons. The van der Waals surface area contributed by atoms with E-state index in [-0.39, 0.29) is 12.5 Å². The van der Waals surface area contributed by atoms with Crippen LogP contribution >= 0.6 is 0 Å². The predicted octanol–water partition coefficient (Wildman–Crippen LogP) is 0.0186. The lowest BCUT2D eigenvalue weighted by Crippen LogP contribution is -2.45. The van der Waals surface area contributed by atoms with Gasteiger partial charge in [0.25, 0.3) is 5.56 Å². The first-order chi connectivity index (χ1) is 12.5. The molecule has 0 atom stereocenters. The van der Waals surface area contributed by atoms with Crippen LogP contribution in [0.1, 0.15) is 11.1 Å². The maximum atomic E-state index is 12.7. The SMILES string of the molecule is Cn1cnc2c1c(=O)n(CC(=O)N1CCc3ccccc3C1)c(=O)n2C. The Hall–Kier alpha value is -3.16. The highest BCUT2D eigenvalue weighted by Gasteiger charge is 2.23. The van der Waals surface area contributed by atoms with Gasteiger partial charge in [0.2, 0.25) is 5.91 Å². The van der Waals surface area contributed by atoms with E-state index in [2.05, 4.69) is 11.1 Å². The third-order valence-corrected chi connectivity index (χ3v) is 4.98. The van der Waals surface area contributed by atoms with Crippen LogP contribution in [0, 0.1) is 0 Å². The number of hydrogen-bond acceptors (Lipinski definition) is 4. The first-order valence-electron chi connectivity index (χ1n) is 8.43. The molecule has 0 saturated heterocycles. The number of fused-ring (bicyclic) bond motifs is 2. The number of aryl methyl sites for hydroxylation is 2. The van der Waals surface area contributed by atoms with E-state index in [0.29, 0.717) is 24.3 Å². The number of carbonyl (C=O) groups excluding carboxylic acids is 1. The van der Waals surface area contributed by atoms with Gasteiger partial charge in [0, 0.05) is 27.2 Å². The molecule has 0 N–H and O–H groups in total. The minimum Gasteiger partial charge on any atom is -0.336 e. The number of imidazole rings is 1. The molecule has 26 heavy (non-hydrogen) atoms. The zero-order valence-electron chi connectivity index (χ0n) is 14.7. The average molecular weight is 353 g/mol. The Morgan fingerprint density at radius 1 is 1.15 bits per heavy atom. The molecule has 1 aliphatic heterocycles. The molecule has 134 valence electrons. The molecule has 1 amide bonds. The molecule has 0 unspecified atom stereocenters. The van der Waals surface area contributed by atoms with Crippen LogP contribution in [0.15, 0.2) is 40.2 Å². The van der Waals surface area contributed by atoms with Gasteiger partial charge in [0.15, 0.2) is 11.2 Å². The van der Waals surface area contributed by atoms with E-state index >= 15 is 0 Å². The van der Waals surface area contributed by atoms with Gasteiger partial charge in [-0.3, -0.25) is 14.2 Å². The van der Waals surface area contributed by atoms with Gasteiger partial charge < -0.3 is 9.47 Å². The van der Waals surface area contributed by atoms with Crippen LogP contribution in [0.5, 0.6) is 0 Å². The standard InChI is InChI=1S/C18H19N5O3/c1-20-11-19-16-15(20)17(25)23(18(26)21(16)2)10-14(24)22-8-7-12-5-3-4-6-13(12)9-22/h3-6,11H,7-10H2,1-2H3. The van der Waals surface area contributed by atoms with Crippen LogP contribution in [0.2, 0.25) is 0 Å². The molecule has 8 heteroatoms. The lowest BCUT2D eigenvalue weighted by Gasteiger charge is -2.29. The monoisotopic (exact) mass is 353 g/mol. The zero-order chi connectivity index (χ0) is 18.4. The molecule has 3 heterocycles. The third-order valence-electron chi connectivity index (χ3n) is 4.98. The zero-order valence-corrected chi connectivity index (χ0v) is 14.7. The summed E-state index contributed by atoms with van der Waals surface area (Å²) in [5.74, 6) is -0.236. The van der Waals surface area contributed by atoms with Crippen molar-refractivity contribution in [2.24, 2.45) is 14.1 Å². The summed E-state index contributed by atoms with van der Waals surface area (Å²) in [5.41, 5.74) is 1.94. The van der Waals surface area contributed by atoms with Crippen molar-refractivity contribution in [3.8, 4) is 0 Å². The summed E-state index contributed by atoms with van der Waals surface area (Å²) < 4.78 is 3.86. The third kappa shape index (κ3) is 2.45. The quantitative estimate of drug-likeness (QED) is 0.650. The van der Waals surface area contributed by atoms with Crippen molar-refractivity contribution in [1.29, 1.82) is 0 Å². The highest BCUT2D eigenvalue weighted by atomic mass is 16.2. The average Bonchev–Trinajstić information content (AvgIpc) is 3.04. The van der Waals surface area contributed by atoms with E-state index < -0.39 is 11.2 Å². The maximum Gasteiger partial charge on any atom is 0.332 e. The summed E-state index contributed by atoms with van der Waals surface area (Å²) in [6.45, 7) is 0.811. The van der Waals surface area contributed by atoms with Crippen molar-refractivity contribution in [1.82, 2.24) is 23.6 Å². The van der Waals surface area contributed by atoms with Crippen molar-refractivity contribution >= 4 is 17.1 Å². The van der Waals surface area contributed by atoms with Crippen LogP contribution in [-0.2, 0) is 38.4 Å². The summed E-state index contributed by atoms with van der Waals surface area (Å²) in [4.78, 5) is 43.8. The van der Waals surface area contributed by atoms with Crippen molar-refractivity contribution < 1.29 is 4.79 Å². The van der Waals surface area contributed by atoms with Crippen LogP contribution in [0.3, 0.4) is 0 Å². The minimum absolute atomic E-state index is 0.236. The lowest BCUT2D eigenvalue weighted by molar-refractivity contribution is -0.132. The molecule has 0 fully saturated rings. The number of nitrogens with zero attached hydrogens (tertiary/aromatic N) is 5. The second-order valence-corrected chi connectivity index (χ2v) is 6.59. The van der Waals surface area contributed by atoms with Gasteiger partial charge in [0.05, 0.1) is 6.33 Å². The van der Waals surface area contributed by atoms with Crippen LogP contribution in [0.25, 0.3) is 11.2 Å². The summed E-state index contributed by atoms with van der Waals surface area (Å²) in [6, 6.07) is 8.00. The van der Waals surface area contributed by atoms with Crippen LogP contribution in [0.4, 0.5) is 0 Å². The topological polar surface area (TPSA) is 82.1 Å². The highest BCUT2D eigenvalue weighted by Crippen LogP contribution is 2.18. The fourth-order valence-corrected chi connectivity index (χ4v) is 3.48. The number of aromatic nitrogens is 4. The van der Waals surface area contributed by atoms with Crippen molar-refractivity contribution in [3.05, 3.63) is 62.6 Å². The highest BCUT2D eigenvalue weighted by molar-refractivity contribution is 5.77. The largest absolute Gasteiger partial charge is 0.336 e. The van der Waals surface area contributed by atoms with E-state index in [4.69, 9.17) is 0 Å². The molecule has 0 bridgehead atoms. The molecule has 4 rings (SSSR count). The number of rotatable bonds is 2. The molecule has 1 aliphatic rings. The van der Waals surface area contributed by atoms with Gasteiger partial charge in [-0.1, -0.05) is 24.3 Å². The Labute approximate surface area is 148 Å². The first kappa shape index (κ1) is 16.3. The molecule has 0 saturated carbocycles. The Morgan fingerprint density at radius 2 is 1.88 bits per heavy atom. The fourth-order valence-electron chi connectivity index (χ4n) is 3.48. The summed E-state index contributed by atoms with van der Waals surface area (Å²) in [6.07, 6.45) is 2.26. The van der Waals surface area contributed by atoms with Gasteiger partial charge >= 0.3 is 5.69 Å². The number of carbonyl (C=O) groups is 1. The van der Waals surface area contributed by atoms with Gasteiger partial charge in [-0.15, -0.1) is 0 Å². The molecule has 2 aromatic heterocycles. The lowest BCUT2D eigenvalue weighted by atomic mass is 10.00. The van der Waals surface area contributed by atoms with Crippen LogP contribution < -0.4 is 11.2 Å². The molecule has 0 spiro atoms. The van der Waals surface area contributed by atoms with Gasteiger partial charge in [-0.25, -0.2) is 14.3 Å². The number of amides is 1. The number of benzene rings is 1. The van der Waals surface area contributed by atoms with Crippen molar-refractivity contribution in [3.63, 3.8) is 0 Å². The van der Waals surface area contributed by atoms with Crippen molar-refractivity contribution in [2.45, 2.75) is 19.5 Å². The van der Waals surface area contributed by atoms with Gasteiger partial charge in [-0.2, -0.15) is 0 Å². The Kier molecular flexibility index (Phi) is 3.75. The van der Waals surface area contributed by atoms with Crippen LogP contribution in [-0.4, -0.2) is 36.0 Å². The molecule has 0 aliphatic carbocycles. The van der Waals surface area contributed by atoms with E-state index in [1.807, 2.05) is 18.2 Å². The number of hydrogen-bond donors (Lipinski definition) is 0. The summed E-state index contributed by atoms with van der Waals surface area (Å²) in [5, 5.41) is 0. The van der Waals surface area contributed by atoms with E-state index in [1.165, 1.54) is 16.5 Å². The van der Waals surface area contributed by atoms with Gasteiger partial charge in [-0.05, 0) is 17.5 Å². The second-order valence-electron chi connectivity index (χ2n) is 6.59. The minimum atomic E-state index is -0.535. The fraction of sp³-hybridized carbons (Fsp3) is 0.333. The summed E-state index contributed by atoms with van der Waals surface area (Å²) in [7, 11) is 3.24. The predicted molar refractivity (Wildman–Crippen MR) is 95.8 cm³/mol. The van der Waals surface area contributed by atoms with Gasteiger partial charge in [0.1, 0.15) is 6.54 Å². The van der Waals surface area contributed by atoms with E-state index in [1.54, 1.807) is 23.6 Å². The first-order valence-corrected chi connectivity index (χ1v) is 8.43.